The molecule has 2 aromatic carbocycles. The highest BCUT2D eigenvalue weighted by molar-refractivity contribution is 5.95. The molecule has 0 aliphatic carbocycles. The maximum atomic E-state index is 14.3. The molecule has 39 heavy (non-hydrogen) atoms. The third-order valence-electron chi connectivity index (χ3n) is 7.81. The first-order chi connectivity index (χ1) is 18.8. The Morgan fingerprint density at radius 3 is 2.33 bits per heavy atom. The van der Waals surface area contributed by atoms with Crippen LogP contribution in [0.25, 0.3) is 0 Å². The van der Waals surface area contributed by atoms with Gasteiger partial charge in [-0.2, -0.15) is 0 Å². The van der Waals surface area contributed by atoms with Gasteiger partial charge < -0.3 is 14.5 Å². The van der Waals surface area contributed by atoms with Gasteiger partial charge in [-0.15, -0.1) is 0 Å². The molecule has 0 radical (unpaired) electrons. The quantitative estimate of drug-likeness (QED) is 0.529. The Hall–Kier alpha value is -2.97. The van der Waals surface area contributed by atoms with E-state index in [0.717, 1.165) is 50.5 Å². The second-order valence-electron chi connectivity index (χ2n) is 10.9. The first-order valence-electron chi connectivity index (χ1n) is 14.4. The molecule has 2 aliphatic heterocycles. The Bertz CT molecular complexity index is 1100. The summed E-state index contributed by atoms with van der Waals surface area (Å²) in [5, 5.41) is 0. The molecule has 1 saturated heterocycles. The van der Waals surface area contributed by atoms with Crippen LogP contribution >= 0.6 is 0 Å². The maximum Gasteiger partial charge on any atom is 0.254 e. The number of carbonyl (C=O) groups excluding carboxylic acids is 2. The predicted molar refractivity (Wildman–Crippen MR) is 153 cm³/mol. The highest BCUT2D eigenvalue weighted by atomic mass is 19.1. The lowest BCUT2D eigenvalue weighted by Gasteiger charge is -2.30. The van der Waals surface area contributed by atoms with Crippen molar-refractivity contribution in [2.75, 3.05) is 57.3 Å². The molecule has 2 heterocycles. The normalized spacial score (nSPS) is 18.0. The molecular weight excluding hydrogens is 495 g/mol. The zero-order valence-corrected chi connectivity index (χ0v) is 23.7. The summed E-state index contributed by atoms with van der Waals surface area (Å²) in [4.78, 5) is 34.5. The fourth-order valence-corrected chi connectivity index (χ4v) is 5.49. The SMILES string of the molecule is CC(=O)N1CCCN(C(C)C)CCN(C(=O)c2ccc(OCCN3CCCCC3)cc2)Cc2ccc(F)cc21. The molecule has 0 bridgehead atoms. The molecule has 2 aliphatic rings. The summed E-state index contributed by atoms with van der Waals surface area (Å²) in [6, 6.07) is 12.2. The Balaban J connectivity index is 1.51. The number of anilines is 1. The largest absolute Gasteiger partial charge is 0.492 e. The second-order valence-corrected chi connectivity index (χ2v) is 10.9. The first kappa shape index (κ1) is 29.0. The number of fused-ring (bicyclic) bond motifs is 1. The van der Waals surface area contributed by atoms with Crippen LogP contribution in [0.2, 0.25) is 0 Å². The molecule has 2 aromatic rings. The molecule has 8 heteroatoms. The number of piperidine rings is 1. The fourth-order valence-electron chi connectivity index (χ4n) is 5.49. The summed E-state index contributed by atoms with van der Waals surface area (Å²) in [5.74, 6) is 0.130. The van der Waals surface area contributed by atoms with Crippen molar-refractivity contribution >= 4 is 17.5 Å². The van der Waals surface area contributed by atoms with Gasteiger partial charge in [0, 0.05) is 57.8 Å². The molecule has 1 fully saturated rings. The average molecular weight is 539 g/mol. The Morgan fingerprint density at radius 1 is 0.897 bits per heavy atom. The van der Waals surface area contributed by atoms with Crippen molar-refractivity contribution in [2.24, 2.45) is 0 Å². The van der Waals surface area contributed by atoms with E-state index in [9.17, 15) is 14.0 Å². The van der Waals surface area contributed by atoms with Crippen LogP contribution in [0.3, 0.4) is 0 Å². The van der Waals surface area contributed by atoms with Gasteiger partial charge in [-0.25, -0.2) is 4.39 Å². The molecule has 2 amide bonds. The third-order valence-corrected chi connectivity index (χ3v) is 7.81. The highest BCUT2D eigenvalue weighted by Gasteiger charge is 2.24. The second kappa shape index (κ2) is 13.9. The molecular formula is C31H43FN4O3. The number of likely N-dealkylation sites (tertiary alicyclic amines) is 1. The van der Waals surface area contributed by atoms with Gasteiger partial charge in [-0.05, 0) is 88.2 Å². The minimum Gasteiger partial charge on any atom is -0.492 e. The van der Waals surface area contributed by atoms with E-state index in [2.05, 4.69) is 23.6 Å². The van der Waals surface area contributed by atoms with Crippen LogP contribution in [0.5, 0.6) is 5.75 Å². The van der Waals surface area contributed by atoms with Crippen molar-refractivity contribution in [1.29, 1.82) is 0 Å². The molecule has 212 valence electrons. The lowest BCUT2D eigenvalue weighted by molar-refractivity contribution is -0.116. The Labute approximate surface area is 232 Å². The number of amides is 2. The molecule has 0 aromatic heterocycles. The summed E-state index contributed by atoms with van der Waals surface area (Å²) < 4.78 is 20.3. The van der Waals surface area contributed by atoms with E-state index in [-0.39, 0.29) is 18.4 Å². The number of hydrogen-bond acceptors (Lipinski definition) is 5. The molecule has 0 N–H and O–H groups in total. The van der Waals surface area contributed by atoms with Crippen LogP contribution in [0.4, 0.5) is 10.1 Å². The summed E-state index contributed by atoms with van der Waals surface area (Å²) >= 11 is 0. The lowest BCUT2D eigenvalue weighted by Crippen LogP contribution is -2.41. The first-order valence-corrected chi connectivity index (χ1v) is 14.4. The molecule has 7 nitrogen and oxygen atoms in total. The van der Waals surface area contributed by atoms with Gasteiger partial charge in [0.1, 0.15) is 18.2 Å². The van der Waals surface area contributed by atoms with E-state index in [4.69, 9.17) is 4.74 Å². The summed E-state index contributed by atoms with van der Waals surface area (Å²) in [6.07, 6.45) is 4.60. The van der Waals surface area contributed by atoms with Gasteiger partial charge in [0.05, 0.1) is 5.69 Å². The van der Waals surface area contributed by atoms with E-state index in [1.807, 2.05) is 29.2 Å². The molecule has 0 saturated carbocycles. The van der Waals surface area contributed by atoms with E-state index in [0.29, 0.717) is 37.0 Å². The van der Waals surface area contributed by atoms with Gasteiger partial charge >= 0.3 is 0 Å². The van der Waals surface area contributed by atoms with Gasteiger partial charge in [0.15, 0.2) is 0 Å². The van der Waals surface area contributed by atoms with Crippen molar-refractivity contribution < 1.29 is 18.7 Å². The number of hydrogen-bond donors (Lipinski definition) is 0. The summed E-state index contributed by atoms with van der Waals surface area (Å²) in [5.41, 5.74) is 1.88. The van der Waals surface area contributed by atoms with Gasteiger partial charge in [0.2, 0.25) is 5.91 Å². The summed E-state index contributed by atoms with van der Waals surface area (Å²) in [6.45, 7) is 12.4. The van der Waals surface area contributed by atoms with E-state index < -0.39 is 5.82 Å². The number of halogens is 1. The van der Waals surface area contributed by atoms with E-state index in [1.54, 1.807) is 11.0 Å². The topological polar surface area (TPSA) is 56.3 Å². The highest BCUT2D eigenvalue weighted by Crippen LogP contribution is 2.26. The zero-order valence-electron chi connectivity index (χ0n) is 23.7. The summed E-state index contributed by atoms with van der Waals surface area (Å²) in [7, 11) is 0. The van der Waals surface area contributed by atoms with Crippen LogP contribution in [0.15, 0.2) is 42.5 Å². The fraction of sp³-hybridized carbons (Fsp3) is 0.548. The van der Waals surface area contributed by atoms with Crippen LogP contribution in [-0.2, 0) is 11.3 Å². The van der Waals surface area contributed by atoms with Crippen molar-refractivity contribution in [1.82, 2.24) is 14.7 Å². The van der Waals surface area contributed by atoms with Crippen LogP contribution in [-0.4, -0.2) is 85.0 Å². The smallest absolute Gasteiger partial charge is 0.254 e. The Kier molecular flexibility index (Phi) is 10.3. The number of carbonyl (C=O) groups is 2. The van der Waals surface area contributed by atoms with Gasteiger partial charge in [-0.3, -0.25) is 19.4 Å². The van der Waals surface area contributed by atoms with Gasteiger partial charge in [0.25, 0.3) is 5.91 Å². The number of benzene rings is 2. The van der Waals surface area contributed by atoms with E-state index in [1.165, 1.54) is 38.3 Å². The minimum absolute atomic E-state index is 0.0949. The van der Waals surface area contributed by atoms with E-state index >= 15 is 0 Å². The average Bonchev–Trinajstić information content (AvgIpc) is 2.96. The predicted octanol–water partition coefficient (Wildman–Crippen LogP) is 4.80. The number of rotatable bonds is 6. The zero-order chi connectivity index (χ0) is 27.8. The van der Waals surface area contributed by atoms with Gasteiger partial charge in [-0.1, -0.05) is 12.5 Å². The van der Waals surface area contributed by atoms with Crippen molar-refractivity contribution in [3.8, 4) is 5.75 Å². The minimum atomic E-state index is -0.396. The molecule has 0 spiro atoms. The lowest BCUT2D eigenvalue weighted by atomic mass is 10.1. The number of nitrogens with zero attached hydrogens (tertiary/aromatic N) is 4. The third kappa shape index (κ3) is 8.02. The monoisotopic (exact) mass is 538 g/mol. The molecule has 0 atom stereocenters. The van der Waals surface area contributed by atoms with Crippen molar-refractivity contribution in [3.63, 3.8) is 0 Å². The Morgan fingerprint density at radius 2 is 1.64 bits per heavy atom. The van der Waals surface area contributed by atoms with Crippen molar-refractivity contribution in [2.45, 2.75) is 59.0 Å². The molecule has 4 rings (SSSR count). The van der Waals surface area contributed by atoms with Crippen molar-refractivity contribution in [3.05, 3.63) is 59.4 Å². The van der Waals surface area contributed by atoms with Crippen LogP contribution in [0.1, 0.15) is 62.4 Å². The number of ether oxygens (including phenoxy) is 1. The molecule has 0 unspecified atom stereocenters. The van der Waals surface area contributed by atoms with Crippen LogP contribution in [0, 0.1) is 5.82 Å². The standard InChI is InChI=1S/C31H43FN4O3/c1-24(2)34-16-7-17-36(25(3)37)30-22-28(32)11-8-27(30)23-35(19-18-34)31(38)26-9-12-29(13-10-26)39-21-20-33-14-5-4-6-15-33/h8-13,22,24H,4-7,14-21,23H2,1-3H3. The van der Waals surface area contributed by atoms with Crippen LogP contribution < -0.4 is 9.64 Å². The maximum absolute atomic E-state index is 14.3.